The van der Waals surface area contributed by atoms with Crippen molar-refractivity contribution >= 4 is 17.7 Å². The van der Waals surface area contributed by atoms with Crippen LogP contribution >= 0.6 is 0 Å². The van der Waals surface area contributed by atoms with E-state index in [9.17, 15) is 14.4 Å². The van der Waals surface area contributed by atoms with Gasteiger partial charge in [-0.3, -0.25) is 14.4 Å². The fourth-order valence-electron chi connectivity index (χ4n) is 1.70. The number of hydrogen-bond donors (Lipinski definition) is 2. The monoisotopic (exact) mass is 266 g/mol. The zero-order valence-electron chi connectivity index (χ0n) is 11.3. The minimum atomic E-state index is -0.931. The molecule has 0 spiro atoms. The van der Waals surface area contributed by atoms with E-state index in [-0.39, 0.29) is 18.2 Å². The highest BCUT2D eigenvalue weighted by Crippen LogP contribution is 2.08. The highest BCUT2D eigenvalue weighted by atomic mass is 16.4. The maximum absolute atomic E-state index is 11.9. The van der Waals surface area contributed by atoms with Crippen LogP contribution in [0.15, 0.2) is 12.3 Å². The Bertz CT molecular complexity index is 505. The van der Waals surface area contributed by atoms with Gasteiger partial charge in [0.1, 0.15) is 5.69 Å². The number of ketones is 1. The van der Waals surface area contributed by atoms with Crippen LogP contribution < -0.4 is 5.32 Å². The second kappa shape index (κ2) is 6.17. The summed E-state index contributed by atoms with van der Waals surface area (Å²) in [6.07, 6.45) is 2.02. The molecule has 1 aromatic heterocycles. The summed E-state index contributed by atoms with van der Waals surface area (Å²) in [5.41, 5.74) is 0.795. The van der Waals surface area contributed by atoms with Gasteiger partial charge in [0.25, 0.3) is 5.91 Å². The van der Waals surface area contributed by atoms with E-state index in [2.05, 4.69) is 5.32 Å². The summed E-state index contributed by atoms with van der Waals surface area (Å²) < 4.78 is 1.55. The van der Waals surface area contributed by atoms with Crippen molar-refractivity contribution < 1.29 is 19.5 Å². The van der Waals surface area contributed by atoms with Crippen molar-refractivity contribution in [3.8, 4) is 0 Å². The van der Waals surface area contributed by atoms with Crippen molar-refractivity contribution in [2.24, 2.45) is 13.0 Å². The number of aryl methyl sites for hydroxylation is 1. The van der Waals surface area contributed by atoms with E-state index >= 15 is 0 Å². The molecule has 6 nitrogen and oxygen atoms in total. The number of carboxylic acids is 1. The van der Waals surface area contributed by atoms with Crippen LogP contribution in [-0.2, 0) is 11.8 Å². The van der Waals surface area contributed by atoms with Crippen molar-refractivity contribution in [1.82, 2.24) is 9.88 Å². The van der Waals surface area contributed by atoms with Crippen LogP contribution in [0.1, 0.15) is 41.1 Å². The number of nitrogens with one attached hydrogen (secondary N) is 1. The number of carbonyl (C=O) groups excluding carboxylic acids is 2. The normalized spacial score (nSPS) is 11.9. The predicted octanol–water partition coefficient (Wildman–Crippen LogP) is 1.07. The van der Waals surface area contributed by atoms with Crippen molar-refractivity contribution in [2.75, 3.05) is 6.54 Å². The fraction of sp³-hybridized carbons (Fsp3) is 0.462. The van der Waals surface area contributed by atoms with Crippen LogP contribution in [0, 0.1) is 5.92 Å². The zero-order valence-corrected chi connectivity index (χ0v) is 11.3. The standard InChI is InChI=1S/C13H18N2O4/c1-4-9(13(18)19)6-14-12(17)11-5-10(8(2)16)7-15(11)3/h5,7,9H,4,6H2,1-3H3,(H,14,17)(H,18,19). The number of Topliss-reactive ketones (excluding diaryl/α,β-unsaturated/α-hetero) is 1. The van der Waals surface area contributed by atoms with E-state index < -0.39 is 11.9 Å². The molecular weight excluding hydrogens is 248 g/mol. The Morgan fingerprint density at radius 2 is 2.05 bits per heavy atom. The number of carboxylic acid groups (broad SMARTS) is 1. The molecule has 104 valence electrons. The lowest BCUT2D eigenvalue weighted by Gasteiger charge is -2.11. The molecule has 0 aromatic carbocycles. The number of amides is 1. The second-order valence-corrected chi connectivity index (χ2v) is 4.43. The summed E-state index contributed by atoms with van der Waals surface area (Å²) in [6.45, 7) is 3.25. The topological polar surface area (TPSA) is 88.4 Å². The molecule has 1 atom stereocenters. The van der Waals surface area contributed by atoms with E-state index in [0.717, 1.165) is 0 Å². The first-order valence-corrected chi connectivity index (χ1v) is 6.05. The molecule has 0 aliphatic rings. The van der Waals surface area contributed by atoms with Crippen molar-refractivity contribution in [3.63, 3.8) is 0 Å². The minimum absolute atomic E-state index is 0.0747. The lowest BCUT2D eigenvalue weighted by molar-refractivity contribution is -0.141. The summed E-state index contributed by atoms with van der Waals surface area (Å²) in [6, 6.07) is 1.50. The Balaban J connectivity index is 2.73. The average Bonchev–Trinajstić information content (AvgIpc) is 2.71. The maximum atomic E-state index is 11.9. The molecule has 1 rings (SSSR count). The predicted molar refractivity (Wildman–Crippen MR) is 69.2 cm³/mol. The average molecular weight is 266 g/mol. The van der Waals surface area contributed by atoms with Gasteiger partial charge < -0.3 is 15.0 Å². The van der Waals surface area contributed by atoms with Gasteiger partial charge in [0, 0.05) is 25.4 Å². The van der Waals surface area contributed by atoms with Gasteiger partial charge in [-0.1, -0.05) is 6.92 Å². The lowest BCUT2D eigenvalue weighted by atomic mass is 10.1. The smallest absolute Gasteiger partial charge is 0.308 e. The van der Waals surface area contributed by atoms with Crippen LogP contribution in [0.5, 0.6) is 0 Å². The van der Waals surface area contributed by atoms with E-state index in [0.29, 0.717) is 17.7 Å². The Labute approximate surface area is 111 Å². The van der Waals surface area contributed by atoms with E-state index in [4.69, 9.17) is 5.11 Å². The zero-order chi connectivity index (χ0) is 14.6. The number of nitrogens with zero attached hydrogens (tertiary/aromatic N) is 1. The van der Waals surface area contributed by atoms with Crippen LogP contribution in [-0.4, -0.2) is 33.9 Å². The summed E-state index contributed by atoms with van der Waals surface area (Å²) in [5, 5.41) is 11.5. The molecule has 1 amide bonds. The molecular formula is C13H18N2O4. The lowest BCUT2D eigenvalue weighted by Crippen LogP contribution is -2.33. The summed E-state index contributed by atoms with van der Waals surface area (Å²) in [7, 11) is 1.66. The molecule has 2 N–H and O–H groups in total. The molecule has 0 radical (unpaired) electrons. The largest absolute Gasteiger partial charge is 0.481 e. The van der Waals surface area contributed by atoms with Crippen molar-refractivity contribution in [3.05, 3.63) is 23.5 Å². The van der Waals surface area contributed by atoms with Crippen LogP contribution in [0.2, 0.25) is 0 Å². The van der Waals surface area contributed by atoms with Gasteiger partial charge in [0.05, 0.1) is 5.92 Å². The van der Waals surface area contributed by atoms with E-state index in [1.54, 1.807) is 24.7 Å². The molecule has 0 saturated carbocycles. The fourth-order valence-corrected chi connectivity index (χ4v) is 1.70. The SMILES string of the molecule is CCC(CNC(=O)c1cc(C(C)=O)cn1C)C(=O)O. The van der Waals surface area contributed by atoms with Gasteiger partial charge in [-0.25, -0.2) is 0 Å². The Morgan fingerprint density at radius 3 is 2.47 bits per heavy atom. The van der Waals surface area contributed by atoms with E-state index in [1.807, 2.05) is 0 Å². The molecule has 6 heteroatoms. The molecule has 0 fully saturated rings. The van der Waals surface area contributed by atoms with Crippen molar-refractivity contribution in [2.45, 2.75) is 20.3 Å². The Morgan fingerprint density at radius 1 is 1.42 bits per heavy atom. The molecule has 0 aliphatic carbocycles. The molecule has 1 aromatic rings. The van der Waals surface area contributed by atoms with Crippen molar-refractivity contribution in [1.29, 1.82) is 0 Å². The highest BCUT2D eigenvalue weighted by molar-refractivity contribution is 5.99. The van der Waals surface area contributed by atoms with Gasteiger partial charge in [0.2, 0.25) is 0 Å². The molecule has 0 aliphatic heterocycles. The number of rotatable bonds is 6. The maximum Gasteiger partial charge on any atom is 0.308 e. The molecule has 0 bridgehead atoms. The minimum Gasteiger partial charge on any atom is -0.481 e. The number of aliphatic carboxylic acids is 1. The number of aromatic nitrogens is 1. The summed E-state index contributed by atoms with van der Waals surface area (Å²) in [5.74, 6) is -2.03. The van der Waals surface area contributed by atoms with Gasteiger partial charge in [-0.15, -0.1) is 0 Å². The van der Waals surface area contributed by atoms with Gasteiger partial charge in [-0.2, -0.15) is 0 Å². The highest BCUT2D eigenvalue weighted by Gasteiger charge is 2.18. The van der Waals surface area contributed by atoms with Crippen LogP contribution in [0.3, 0.4) is 0 Å². The molecule has 1 unspecified atom stereocenters. The Kier molecular flexibility index (Phi) is 4.86. The summed E-state index contributed by atoms with van der Waals surface area (Å²) >= 11 is 0. The molecule has 19 heavy (non-hydrogen) atoms. The van der Waals surface area contributed by atoms with Gasteiger partial charge in [0.15, 0.2) is 5.78 Å². The van der Waals surface area contributed by atoms with Gasteiger partial charge >= 0.3 is 5.97 Å². The first-order valence-electron chi connectivity index (χ1n) is 6.05. The van der Waals surface area contributed by atoms with Crippen LogP contribution in [0.25, 0.3) is 0 Å². The number of hydrogen-bond acceptors (Lipinski definition) is 3. The Hall–Kier alpha value is -2.11. The molecule has 0 saturated heterocycles. The summed E-state index contributed by atoms with van der Waals surface area (Å²) in [4.78, 5) is 34.0. The van der Waals surface area contributed by atoms with Crippen LogP contribution in [0.4, 0.5) is 0 Å². The first kappa shape index (κ1) is 14.9. The quantitative estimate of drug-likeness (QED) is 0.754. The first-order chi connectivity index (χ1) is 8.86. The molecule has 1 heterocycles. The third kappa shape index (κ3) is 3.67. The number of carbonyl (C=O) groups is 3. The second-order valence-electron chi connectivity index (χ2n) is 4.43. The van der Waals surface area contributed by atoms with E-state index in [1.165, 1.54) is 13.0 Å². The third-order valence-electron chi connectivity index (χ3n) is 3.00. The third-order valence-corrected chi connectivity index (χ3v) is 3.00. The van der Waals surface area contributed by atoms with Gasteiger partial charge in [-0.05, 0) is 19.4 Å².